The molecule has 4 heteroatoms. The third kappa shape index (κ3) is 2.91. The molecule has 1 aromatic carbocycles. The SMILES string of the molecule is CN(c1ccccc1F)C(CO)CCO. The highest BCUT2D eigenvalue weighted by molar-refractivity contribution is 5.47. The van der Waals surface area contributed by atoms with Gasteiger partial charge in [0.05, 0.1) is 18.3 Å². The van der Waals surface area contributed by atoms with Crippen LogP contribution in [0.25, 0.3) is 0 Å². The summed E-state index contributed by atoms with van der Waals surface area (Å²) in [5, 5.41) is 17.9. The van der Waals surface area contributed by atoms with E-state index in [2.05, 4.69) is 0 Å². The van der Waals surface area contributed by atoms with Crippen molar-refractivity contribution >= 4 is 5.69 Å². The van der Waals surface area contributed by atoms with E-state index >= 15 is 0 Å². The number of hydrogen-bond acceptors (Lipinski definition) is 3. The zero-order valence-corrected chi connectivity index (χ0v) is 8.73. The van der Waals surface area contributed by atoms with E-state index in [-0.39, 0.29) is 25.1 Å². The molecular formula is C11H16FNO2. The van der Waals surface area contributed by atoms with Crippen LogP contribution in [0.2, 0.25) is 0 Å². The van der Waals surface area contributed by atoms with Crippen LogP contribution in [0.15, 0.2) is 24.3 Å². The molecule has 0 aliphatic rings. The third-order valence-corrected chi connectivity index (χ3v) is 2.45. The van der Waals surface area contributed by atoms with Gasteiger partial charge in [0.1, 0.15) is 5.82 Å². The van der Waals surface area contributed by atoms with Crippen molar-refractivity contribution in [3.8, 4) is 0 Å². The van der Waals surface area contributed by atoms with Crippen molar-refractivity contribution in [1.29, 1.82) is 0 Å². The number of benzene rings is 1. The highest BCUT2D eigenvalue weighted by atomic mass is 19.1. The molecule has 0 bridgehead atoms. The van der Waals surface area contributed by atoms with Gasteiger partial charge in [-0.1, -0.05) is 12.1 Å². The summed E-state index contributed by atoms with van der Waals surface area (Å²) in [5.41, 5.74) is 0.435. The van der Waals surface area contributed by atoms with Crippen LogP contribution in [-0.2, 0) is 0 Å². The smallest absolute Gasteiger partial charge is 0.146 e. The molecule has 0 aliphatic carbocycles. The molecule has 0 saturated carbocycles. The highest BCUT2D eigenvalue weighted by Crippen LogP contribution is 2.20. The maximum absolute atomic E-state index is 13.4. The van der Waals surface area contributed by atoms with E-state index in [0.717, 1.165) is 0 Å². The van der Waals surface area contributed by atoms with Crippen LogP contribution in [0.5, 0.6) is 0 Å². The van der Waals surface area contributed by atoms with E-state index in [4.69, 9.17) is 10.2 Å². The summed E-state index contributed by atoms with van der Waals surface area (Å²) >= 11 is 0. The van der Waals surface area contributed by atoms with Crippen molar-refractivity contribution in [3.63, 3.8) is 0 Å². The van der Waals surface area contributed by atoms with E-state index in [0.29, 0.717) is 12.1 Å². The van der Waals surface area contributed by atoms with E-state index in [1.165, 1.54) is 6.07 Å². The topological polar surface area (TPSA) is 43.7 Å². The summed E-state index contributed by atoms with van der Waals surface area (Å²) in [7, 11) is 1.70. The Labute approximate surface area is 88.8 Å². The summed E-state index contributed by atoms with van der Waals surface area (Å²) in [4.78, 5) is 1.64. The minimum absolute atomic E-state index is 0.0238. The Balaban J connectivity index is 2.82. The van der Waals surface area contributed by atoms with Crippen LogP contribution in [0.4, 0.5) is 10.1 Å². The minimum Gasteiger partial charge on any atom is -0.396 e. The number of para-hydroxylation sites is 1. The molecule has 15 heavy (non-hydrogen) atoms. The Morgan fingerprint density at radius 2 is 2.00 bits per heavy atom. The lowest BCUT2D eigenvalue weighted by atomic mass is 10.1. The maximum atomic E-state index is 13.4. The molecule has 1 aromatic rings. The fourth-order valence-corrected chi connectivity index (χ4v) is 1.49. The number of halogens is 1. The lowest BCUT2D eigenvalue weighted by Gasteiger charge is -2.28. The predicted molar refractivity (Wildman–Crippen MR) is 57.4 cm³/mol. The van der Waals surface area contributed by atoms with Gasteiger partial charge in [-0.3, -0.25) is 0 Å². The van der Waals surface area contributed by atoms with Crippen molar-refractivity contribution in [1.82, 2.24) is 0 Å². The van der Waals surface area contributed by atoms with Crippen LogP contribution in [0.3, 0.4) is 0 Å². The summed E-state index contributed by atoms with van der Waals surface area (Å²) < 4.78 is 13.4. The average molecular weight is 213 g/mol. The molecule has 0 saturated heterocycles. The number of rotatable bonds is 5. The normalized spacial score (nSPS) is 12.5. The van der Waals surface area contributed by atoms with E-state index in [9.17, 15) is 4.39 Å². The Hall–Kier alpha value is -1.13. The number of hydrogen-bond donors (Lipinski definition) is 2. The summed E-state index contributed by atoms with van der Waals surface area (Å²) in [6, 6.07) is 6.12. The molecule has 0 aromatic heterocycles. The first kappa shape index (κ1) is 11.9. The van der Waals surface area contributed by atoms with Gasteiger partial charge in [0.25, 0.3) is 0 Å². The van der Waals surface area contributed by atoms with Gasteiger partial charge < -0.3 is 15.1 Å². The van der Waals surface area contributed by atoms with Crippen molar-refractivity contribution in [3.05, 3.63) is 30.1 Å². The van der Waals surface area contributed by atoms with Crippen LogP contribution in [0, 0.1) is 5.82 Å². The fourth-order valence-electron chi connectivity index (χ4n) is 1.49. The zero-order valence-electron chi connectivity index (χ0n) is 8.73. The molecule has 84 valence electrons. The summed E-state index contributed by atoms with van der Waals surface area (Å²) in [5.74, 6) is -0.323. The molecule has 0 heterocycles. The first-order valence-electron chi connectivity index (χ1n) is 4.89. The molecule has 1 unspecified atom stereocenters. The molecule has 0 radical (unpaired) electrons. The van der Waals surface area contributed by atoms with E-state index in [1.807, 2.05) is 0 Å². The van der Waals surface area contributed by atoms with Crippen molar-refractivity contribution in [2.45, 2.75) is 12.5 Å². The van der Waals surface area contributed by atoms with Gasteiger partial charge in [-0.2, -0.15) is 0 Å². The summed E-state index contributed by atoms with van der Waals surface area (Å²) in [6.45, 7) is -0.130. The van der Waals surface area contributed by atoms with Gasteiger partial charge >= 0.3 is 0 Å². The molecule has 0 spiro atoms. The van der Waals surface area contributed by atoms with Crippen molar-refractivity contribution in [2.75, 3.05) is 25.2 Å². The Morgan fingerprint density at radius 1 is 1.33 bits per heavy atom. The molecule has 3 nitrogen and oxygen atoms in total. The monoisotopic (exact) mass is 213 g/mol. The largest absolute Gasteiger partial charge is 0.396 e. The van der Waals surface area contributed by atoms with Crippen LogP contribution in [-0.4, -0.2) is 36.5 Å². The summed E-state index contributed by atoms with van der Waals surface area (Å²) in [6.07, 6.45) is 0.418. The third-order valence-electron chi connectivity index (χ3n) is 2.45. The molecule has 1 rings (SSSR count). The Bertz CT molecular complexity index is 306. The molecule has 0 aliphatic heterocycles. The molecule has 2 N–H and O–H groups in total. The van der Waals surface area contributed by atoms with Gasteiger partial charge in [-0.05, 0) is 18.6 Å². The first-order chi connectivity index (χ1) is 7.20. The number of aliphatic hydroxyl groups excluding tert-OH is 2. The van der Waals surface area contributed by atoms with Gasteiger partial charge in [0, 0.05) is 13.7 Å². The lowest BCUT2D eigenvalue weighted by molar-refractivity contribution is 0.217. The first-order valence-corrected chi connectivity index (χ1v) is 4.89. The molecule has 0 amide bonds. The van der Waals surface area contributed by atoms with E-state index in [1.54, 1.807) is 30.1 Å². The molecular weight excluding hydrogens is 197 g/mol. The van der Waals surface area contributed by atoms with Crippen molar-refractivity contribution in [2.24, 2.45) is 0 Å². The quantitative estimate of drug-likeness (QED) is 0.767. The second-order valence-corrected chi connectivity index (χ2v) is 3.41. The predicted octanol–water partition coefficient (Wildman–Crippen LogP) is 1.01. The van der Waals surface area contributed by atoms with E-state index < -0.39 is 0 Å². The maximum Gasteiger partial charge on any atom is 0.146 e. The Morgan fingerprint density at radius 3 is 2.53 bits per heavy atom. The lowest BCUT2D eigenvalue weighted by Crippen LogP contribution is -2.36. The molecule has 1 atom stereocenters. The second-order valence-electron chi connectivity index (χ2n) is 3.41. The Kier molecular flexibility index (Phi) is 4.52. The van der Waals surface area contributed by atoms with Gasteiger partial charge in [0.15, 0.2) is 0 Å². The van der Waals surface area contributed by atoms with Gasteiger partial charge in [-0.25, -0.2) is 4.39 Å². The number of nitrogens with zero attached hydrogens (tertiary/aromatic N) is 1. The van der Waals surface area contributed by atoms with Crippen LogP contribution >= 0.6 is 0 Å². The number of anilines is 1. The zero-order chi connectivity index (χ0) is 11.3. The second kappa shape index (κ2) is 5.68. The van der Waals surface area contributed by atoms with Crippen LogP contribution in [0.1, 0.15) is 6.42 Å². The number of likely N-dealkylation sites (N-methyl/N-ethyl adjacent to an activating group) is 1. The number of aliphatic hydroxyl groups is 2. The van der Waals surface area contributed by atoms with Gasteiger partial charge in [0.2, 0.25) is 0 Å². The minimum atomic E-state index is -0.323. The average Bonchev–Trinajstić information content (AvgIpc) is 2.25. The standard InChI is InChI=1S/C11H16FNO2/c1-13(9(8-15)6-7-14)11-5-3-2-4-10(11)12/h2-5,9,14-15H,6-8H2,1H3. The molecule has 0 fully saturated rings. The fraction of sp³-hybridized carbons (Fsp3) is 0.455. The van der Waals surface area contributed by atoms with Gasteiger partial charge in [-0.15, -0.1) is 0 Å². The highest BCUT2D eigenvalue weighted by Gasteiger charge is 2.16. The van der Waals surface area contributed by atoms with Crippen LogP contribution < -0.4 is 4.90 Å². The van der Waals surface area contributed by atoms with Crippen molar-refractivity contribution < 1.29 is 14.6 Å².